The summed E-state index contributed by atoms with van der Waals surface area (Å²) in [6.45, 7) is 6.20. The molecule has 3 rings (SSSR count). The zero-order valence-corrected chi connectivity index (χ0v) is 15.9. The number of benzene rings is 1. The van der Waals surface area contributed by atoms with Crippen molar-refractivity contribution < 1.29 is 4.79 Å². The Morgan fingerprint density at radius 1 is 1.38 bits per heavy atom. The van der Waals surface area contributed by atoms with Crippen LogP contribution in [0, 0.1) is 5.92 Å². The lowest BCUT2D eigenvalue weighted by Crippen LogP contribution is -2.34. The lowest BCUT2D eigenvalue weighted by molar-refractivity contribution is -0.125. The van der Waals surface area contributed by atoms with Crippen LogP contribution in [-0.4, -0.2) is 47.3 Å². The Morgan fingerprint density at radius 2 is 2.19 bits per heavy atom. The fourth-order valence-corrected chi connectivity index (χ4v) is 3.52. The molecule has 0 radical (unpaired) electrons. The normalized spacial score (nSPS) is 19.8. The molecule has 2 atom stereocenters. The molecule has 2 N–H and O–H groups in total. The van der Waals surface area contributed by atoms with E-state index in [1.54, 1.807) is 4.68 Å². The summed E-state index contributed by atoms with van der Waals surface area (Å²) in [5, 5.41) is 10.7. The van der Waals surface area contributed by atoms with Crippen molar-refractivity contribution in [1.82, 2.24) is 25.3 Å². The Kier molecular flexibility index (Phi) is 6.06. The van der Waals surface area contributed by atoms with E-state index in [1.165, 1.54) is 5.56 Å². The first kappa shape index (κ1) is 18.6. The van der Waals surface area contributed by atoms with Crippen LogP contribution in [0.5, 0.6) is 0 Å². The van der Waals surface area contributed by atoms with Gasteiger partial charge >= 0.3 is 0 Å². The molecule has 1 fully saturated rings. The molecule has 140 valence electrons. The Balaban J connectivity index is 1.59. The van der Waals surface area contributed by atoms with Crippen LogP contribution < -0.4 is 10.6 Å². The highest BCUT2D eigenvalue weighted by molar-refractivity contribution is 5.80. The molecular weight excluding hydrogens is 326 g/mol. The number of amides is 1. The maximum Gasteiger partial charge on any atom is 0.225 e. The van der Waals surface area contributed by atoms with Crippen molar-refractivity contribution in [2.24, 2.45) is 13.0 Å². The molecule has 1 aromatic carbocycles. The highest BCUT2D eigenvalue weighted by Gasteiger charge is 2.34. The van der Waals surface area contributed by atoms with Crippen molar-refractivity contribution >= 4 is 5.91 Å². The summed E-state index contributed by atoms with van der Waals surface area (Å²) in [5.74, 6) is 0.252. The molecule has 1 aromatic heterocycles. The fraction of sp³-hybridized carbons (Fsp3) is 0.500. The fourth-order valence-electron chi connectivity index (χ4n) is 3.52. The topological polar surface area (TPSA) is 62.2 Å². The molecular formula is C20H29N5O. The van der Waals surface area contributed by atoms with E-state index < -0.39 is 0 Å². The molecule has 1 saturated heterocycles. The second-order valence-electron chi connectivity index (χ2n) is 7.19. The summed E-state index contributed by atoms with van der Waals surface area (Å²) in [6.07, 6.45) is 3.87. The maximum absolute atomic E-state index is 12.7. The molecule has 6 nitrogen and oxygen atoms in total. The zero-order chi connectivity index (χ0) is 18.5. The Labute approximate surface area is 155 Å². The summed E-state index contributed by atoms with van der Waals surface area (Å²) in [4.78, 5) is 15.0. The molecule has 0 saturated carbocycles. The lowest BCUT2D eigenvalue weighted by atomic mass is 9.90. The van der Waals surface area contributed by atoms with Crippen molar-refractivity contribution in [3.63, 3.8) is 0 Å². The SMILES string of the molecule is CCN(C)Cc1cccc(CNC(=O)[C@H]2CNC[C@@H]2c2cnn(C)c2)c1. The number of rotatable bonds is 7. The van der Waals surface area contributed by atoms with Gasteiger partial charge in [-0.2, -0.15) is 5.10 Å². The average Bonchev–Trinajstić information content (AvgIpc) is 3.28. The number of hydrogen-bond donors (Lipinski definition) is 2. The van der Waals surface area contributed by atoms with Crippen LogP contribution in [-0.2, 0) is 24.9 Å². The van der Waals surface area contributed by atoms with Crippen LogP contribution in [0.3, 0.4) is 0 Å². The van der Waals surface area contributed by atoms with Crippen LogP contribution >= 0.6 is 0 Å². The van der Waals surface area contributed by atoms with Gasteiger partial charge in [0.05, 0.1) is 12.1 Å². The number of aromatic nitrogens is 2. The van der Waals surface area contributed by atoms with Crippen molar-refractivity contribution in [1.29, 1.82) is 0 Å². The summed E-state index contributed by atoms with van der Waals surface area (Å²) >= 11 is 0. The summed E-state index contributed by atoms with van der Waals surface area (Å²) in [7, 11) is 4.02. The van der Waals surface area contributed by atoms with Gasteiger partial charge in [-0.1, -0.05) is 31.2 Å². The third-order valence-electron chi connectivity index (χ3n) is 5.15. The van der Waals surface area contributed by atoms with Crippen molar-refractivity contribution in [3.05, 3.63) is 53.3 Å². The monoisotopic (exact) mass is 355 g/mol. The van der Waals surface area contributed by atoms with Crippen molar-refractivity contribution in [3.8, 4) is 0 Å². The first-order chi connectivity index (χ1) is 12.6. The van der Waals surface area contributed by atoms with Gasteiger partial charge in [-0.15, -0.1) is 0 Å². The molecule has 2 aromatic rings. The van der Waals surface area contributed by atoms with E-state index in [2.05, 4.69) is 58.9 Å². The minimum atomic E-state index is -0.0476. The van der Waals surface area contributed by atoms with Gasteiger partial charge in [-0.25, -0.2) is 0 Å². The predicted molar refractivity (Wildman–Crippen MR) is 103 cm³/mol. The molecule has 26 heavy (non-hydrogen) atoms. The summed E-state index contributed by atoms with van der Waals surface area (Å²) in [6, 6.07) is 8.45. The van der Waals surface area contributed by atoms with Gasteiger partial charge in [0.2, 0.25) is 5.91 Å². The number of aryl methyl sites for hydroxylation is 1. The number of nitrogens with zero attached hydrogens (tertiary/aromatic N) is 3. The number of carbonyl (C=O) groups excluding carboxylic acids is 1. The first-order valence-corrected chi connectivity index (χ1v) is 9.30. The third-order valence-corrected chi connectivity index (χ3v) is 5.15. The van der Waals surface area contributed by atoms with Gasteiger partial charge in [-0.3, -0.25) is 9.48 Å². The molecule has 6 heteroatoms. The van der Waals surface area contributed by atoms with Crippen molar-refractivity contribution in [2.45, 2.75) is 25.9 Å². The van der Waals surface area contributed by atoms with E-state index in [0.29, 0.717) is 13.1 Å². The molecule has 0 spiro atoms. The van der Waals surface area contributed by atoms with Gasteiger partial charge in [-0.05, 0) is 30.3 Å². The van der Waals surface area contributed by atoms with Gasteiger partial charge in [0.1, 0.15) is 0 Å². The van der Waals surface area contributed by atoms with Crippen LogP contribution in [0.25, 0.3) is 0 Å². The number of carbonyl (C=O) groups is 1. The average molecular weight is 355 g/mol. The van der Waals surface area contributed by atoms with Gasteiger partial charge < -0.3 is 15.5 Å². The highest BCUT2D eigenvalue weighted by Crippen LogP contribution is 2.27. The van der Waals surface area contributed by atoms with E-state index >= 15 is 0 Å². The smallest absolute Gasteiger partial charge is 0.225 e. The lowest BCUT2D eigenvalue weighted by Gasteiger charge is -2.18. The summed E-state index contributed by atoms with van der Waals surface area (Å²) in [5.41, 5.74) is 3.54. The Hall–Kier alpha value is -2.18. The largest absolute Gasteiger partial charge is 0.352 e. The molecule has 1 amide bonds. The molecule has 1 aliphatic rings. The third kappa shape index (κ3) is 4.51. The van der Waals surface area contributed by atoms with E-state index in [0.717, 1.165) is 30.8 Å². The van der Waals surface area contributed by atoms with E-state index in [9.17, 15) is 4.79 Å². The number of nitrogens with one attached hydrogen (secondary N) is 2. The number of hydrogen-bond acceptors (Lipinski definition) is 4. The van der Waals surface area contributed by atoms with E-state index in [-0.39, 0.29) is 17.7 Å². The molecule has 2 heterocycles. The molecule has 0 aliphatic carbocycles. The van der Waals surface area contributed by atoms with Crippen LogP contribution in [0.15, 0.2) is 36.7 Å². The standard InChI is InChI=1S/C20H29N5O/c1-4-24(2)13-16-7-5-6-15(8-16)9-22-20(26)19-12-21-11-18(19)17-10-23-25(3)14-17/h5-8,10,14,18-19,21H,4,9,11-13H2,1-3H3,(H,22,26)/t18-,19+/m1/s1. The summed E-state index contributed by atoms with van der Waals surface area (Å²) < 4.78 is 1.79. The Morgan fingerprint density at radius 3 is 2.92 bits per heavy atom. The quantitative estimate of drug-likeness (QED) is 0.790. The molecule has 1 aliphatic heterocycles. The second kappa shape index (κ2) is 8.47. The second-order valence-corrected chi connectivity index (χ2v) is 7.19. The van der Waals surface area contributed by atoms with Crippen LogP contribution in [0.2, 0.25) is 0 Å². The molecule has 0 unspecified atom stereocenters. The van der Waals surface area contributed by atoms with Gasteiger partial charge in [0.25, 0.3) is 0 Å². The van der Waals surface area contributed by atoms with Crippen LogP contribution in [0.1, 0.15) is 29.5 Å². The first-order valence-electron chi connectivity index (χ1n) is 9.30. The van der Waals surface area contributed by atoms with E-state index in [1.807, 2.05) is 19.4 Å². The predicted octanol–water partition coefficient (Wildman–Crippen LogP) is 1.49. The zero-order valence-electron chi connectivity index (χ0n) is 15.9. The van der Waals surface area contributed by atoms with Gasteiger partial charge in [0.15, 0.2) is 0 Å². The van der Waals surface area contributed by atoms with Crippen molar-refractivity contribution in [2.75, 3.05) is 26.7 Å². The van der Waals surface area contributed by atoms with Gasteiger partial charge in [0, 0.05) is 45.3 Å². The maximum atomic E-state index is 12.7. The highest BCUT2D eigenvalue weighted by atomic mass is 16.1. The minimum absolute atomic E-state index is 0.0476. The minimum Gasteiger partial charge on any atom is -0.352 e. The molecule has 0 bridgehead atoms. The Bertz CT molecular complexity index is 741. The van der Waals surface area contributed by atoms with E-state index in [4.69, 9.17) is 0 Å². The van der Waals surface area contributed by atoms with Crippen LogP contribution in [0.4, 0.5) is 0 Å².